The maximum atomic E-state index is 6.23. The average Bonchev–Trinajstić information content (AvgIpc) is 3.53. The van der Waals surface area contributed by atoms with E-state index < -0.39 is 0 Å². The minimum absolute atomic E-state index is 0.221. The lowest BCUT2D eigenvalue weighted by molar-refractivity contribution is 0.174. The third kappa shape index (κ3) is 3.95. The van der Waals surface area contributed by atoms with Gasteiger partial charge in [0.05, 0.1) is 25.3 Å². The second-order valence-electron chi connectivity index (χ2n) is 8.14. The molecule has 0 amide bonds. The van der Waals surface area contributed by atoms with E-state index in [0.29, 0.717) is 22.4 Å². The third-order valence-electron chi connectivity index (χ3n) is 5.97. The molecule has 7 nitrogen and oxygen atoms in total. The number of hydrogen-bond acceptors (Lipinski definition) is 8. The van der Waals surface area contributed by atoms with Crippen LogP contribution < -0.4 is 24.3 Å². The summed E-state index contributed by atoms with van der Waals surface area (Å²) in [5.74, 6) is 3.52. The summed E-state index contributed by atoms with van der Waals surface area (Å²) < 4.78 is 28.2. The molecule has 0 radical (unpaired) electrons. The molecule has 0 bridgehead atoms. The van der Waals surface area contributed by atoms with Gasteiger partial charge in [-0.3, -0.25) is 0 Å². The largest absolute Gasteiger partial charge is 0.497 e. The summed E-state index contributed by atoms with van der Waals surface area (Å²) in [5, 5.41) is 2.32. The van der Waals surface area contributed by atoms with Crippen molar-refractivity contribution in [2.75, 3.05) is 21.0 Å². The van der Waals surface area contributed by atoms with Gasteiger partial charge in [-0.25, -0.2) is 9.98 Å². The lowest BCUT2D eigenvalue weighted by Gasteiger charge is -2.09. The second kappa shape index (κ2) is 9.05. The van der Waals surface area contributed by atoms with Gasteiger partial charge in [-0.2, -0.15) is 0 Å². The van der Waals surface area contributed by atoms with Gasteiger partial charge in [0, 0.05) is 33.5 Å². The Bertz CT molecular complexity index is 1670. The number of nitrogens with zero attached hydrogens (tertiary/aromatic N) is 2. The molecule has 8 heteroatoms. The van der Waals surface area contributed by atoms with Gasteiger partial charge in [0.25, 0.3) is 0 Å². The Morgan fingerprint density at radius 2 is 1.78 bits per heavy atom. The van der Waals surface area contributed by atoms with Gasteiger partial charge in [-0.15, -0.1) is 0 Å². The van der Waals surface area contributed by atoms with Crippen LogP contribution in [0.5, 0.6) is 23.0 Å². The van der Waals surface area contributed by atoms with Gasteiger partial charge >= 0.3 is 0 Å². The zero-order valence-corrected chi connectivity index (χ0v) is 20.7. The van der Waals surface area contributed by atoms with Crippen molar-refractivity contribution in [3.05, 3.63) is 77.0 Å². The van der Waals surface area contributed by atoms with Crippen LogP contribution in [0.1, 0.15) is 4.88 Å². The van der Waals surface area contributed by atoms with Gasteiger partial charge in [-0.1, -0.05) is 23.5 Å². The minimum Gasteiger partial charge on any atom is -0.497 e. The first-order valence-electron chi connectivity index (χ1n) is 11.3. The van der Waals surface area contributed by atoms with E-state index in [1.54, 1.807) is 14.2 Å². The summed E-state index contributed by atoms with van der Waals surface area (Å²) in [6.07, 6.45) is 0. The first-order valence-corrected chi connectivity index (χ1v) is 12.1. The molecular formula is C28H22N2O5S. The molecule has 0 N–H and O–H groups in total. The number of rotatable bonds is 5. The highest BCUT2D eigenvalue weighted by Gasteiger charge is 2.17. The molecule has 3 heterocycles. The van der Waals surface area contributed by atoms with Crippen LogP contribution in [-0.4, -0.2) is 26.0 Å². The molecule has 6 rings (SSSR count). The number of fused-ring (bicyclic) bond motifs is 2. The number of thiazole rings is 1. The first-order chi connectivity index (χ1) is 17.6. The quantitative estimate of drug-likeness (QED) is 0.275. The number of aromatic nitrogens is 1. The van der Waals surface area contributed by atoms with Crippen molar-refractivity contribution >= 4 is 27.4 Å². The predicted octanol–water partition coefficient (Wildman–Crippen LogP) is 6.51. The molecule has 0 spiro atoms. The number of benzene rings is 3. The van der Waals surface area contributed by atoms with Crippen molar-refractivity contribution in [2.24, 2.45) is 4.99 Å². The van der Waals surface area contributed by atoms with E-state index in [0.717, 1.165) is 49.5 Å². The number of hydrogen-bond donors (Lipinski definition) is 0. The normalized spacial score (nSPS) is 12.8. The van der Waals surface area contributed by atoms with Crippen LogP contribution in [0.15, 0.2) is 76.1 Å². The molecule has 0 aliphatic carbocycles. The van der Waals surface area contributed by atoms with Crippen LogP contribution in [0.2, 0.25) is 0 Å². The van der Waals surface area contributed by atoms with Crippen LogP contribution in [-0.2, 0) is 0 Å². The van der Waals surface area contributed by atoms with Crippen LogP contribution in [0.3, 0.4) is 0 Å². The van der Waals surface area contributed by atoms with Crippen molar-refractivity contribution in [1.29, 1.82) is 0 Å². The van der Waals surface area contributed by atoms with E-state index in [-0.39, 0.29) is 6.79 Å². The Balaban J connectivity index is 1.48. The van der Waals surface area contributed by atoms with E-state index in [1.165, 1.54) is 11.3 Å². The van der Waals surface area contributed by atoms with Crippen molar-refractivity contribution in [2.45, 2.75) is 6.92 Å². The van der Waals surface area contributed by atoms with Crippen LogP contribution in [0.25, 0.3) is 33.6 Å². The fourth-order valence-electron chi connectivity index (χ4n) is 4.18. The van der Waals surface area contributed by atoms with E-state index in [4.69, 9.17) is 33.3 Å². The molecule has 5 aromatic rings. The topological polar surface area (TPSA) is 75.3 Å². The first kappa shape index (κ1) is 22.2. The zero-order chi connectivity index (χ0) is 24.6. The van der Waals surface area contributed by atoms with Crippen molar-refractivity contribution in [3.63, 3.8) is 0 Å². The van der Waals surface area contributed by atoms with E-state index in [9.17, 15) is 0 Å². The molecule has 1 aliphatic rings. The van der Waals surface area contributed by atoms with Gasteiger partial charge in [0.1, 0.15) is 22.8 Å². The summed E-state index contributed by atoms with van der Waals surface area (Å²) in [4.78, 5) is 10.8. The maximum Gasteiger partial charge on any atom is 0.231 e. The highest BCUT2D eigenvalue weighted by molar-refractivity contribution is 7.15. The molecule has 2 aromatic heterocycles. The summed E-state index contributed by atoms with van der Waals surface area (Å²) in [5.41, 5.74) is 3.33. The molecule has 180 valence electrons. The van der Waals surface area contributed by atoms with Crippen molar-refractivity contribution < 1.29 is 23.4 Å². The summed E-state index contributed by atoms with van der Waals surface area (Å²) in [7, 11) is 3.27. The van der Waals surface area contributed by atoms with Crippen LogP contribution >= 0.6 is 11.3 Å². The second-order valence-corrected chi connectivity index (χ2v) is 9.32. The summed E-state index contributed by atoms with van der Waals surface area (Å²) >= 11 is 1.53. The number of para-hydroxylation sites is 1. The number of ether oxygens (including phenoxy) is 4. The molecule has 0 unspecified atom stereocenters. The molecule has 3 aromatic carbocycles. The molecule has 1 aliphatic heterocycles. The van der Waals surface area contributed by atoms with E-state index >= 15 is 0 Å². The van der Waals surface area contributed by atoms with Crippen molar-refractivity contribution in [3.8, 4) is 45.6 Å². The number of aryl methyl sites for hydroxylation is 1. The fraction of sp³-hybridized carbons (Fsp3) is 0.143. The van der Waals surface area contributed by atoms with Gasteiger partial charge < -0.3 is 23.4 Å². The number of methoxy groups -OCH3 is 2. The molecule has 0 fully saturated rings. The highest BCUT2D eigenvalue weighted by Crippen LogP contribution is 2.39. The minimum atomic E-state index is 0.221. The third-order valence-corrected chi connectivity index (χ3v) is 6.84. The Morgan fingerprint density at radius 3 is 2.64 bits per heavy atom. The lowest BCUT2D eigenvalue weighted by Crippen LogP contribution is -2.03. The zero-order valence-electron chi connectivity index (χ0n) is 19.9. The van der Waals surface area contributed by atoms with Crippen LogP contribution in [0, 0.1) is 6.92 Å². The Morgan fingerprint density at radius 1 is 0.917 bits per heavy atom. The molecule has 36 heavy (non-hydrogen) atoms. The molecule has 0 saturated heterocycles. The Kier molecular flexibility index (Phi) is 5.58. The monoisotopic (exact) mass is 498 g/mol. The van der Waals surface area contributed by atoms with Crippen molar-refractivity contribution in [1.82, 2.24) is 4.98 Å². The van der Waals surface area contributed by atoms with Gasteiger partial charge in [0.2, 0.25) is 11.9 Å². The van der Waals surface area contributed by atoms with Gasteiger partial charge in [-0.05, 0) is 49.4 Å². The molecule has 0 saturated carbocycles. The SMILES string of the molecule is COc1ccc(-c2nc(N=c3cc(-c4ccc5c(c4)OCO5)oc4ccccc34)sc2C)c(OC)c1. The smallest absolute Gasteiger partial charge is 0.231 e. The fourth-order valence-corrected chi connectivity index (χ4v) is 4.99. The standard InChI is InChI=1S/C28H22N2O5S/c1-16-27(20-10-9-18(31-2)13-25(20)32-3)30-28(36-16)29-21-14-24(35-22-7-5-4-6-19(21)22)17-8-11-23-26(12-17)34-15-33-23/h4-14H,15H2,1-3H3. The molecular weight excluding hydrogens is 476 g/mol. The van der Waals surface area contributed by atoms with Crippen LogP contribution in [0.4, 0.5) is 5.13 Å². The Hall–Kier alpha value is -4.30. The highest BCUT2D eigenvalue weighted by atomic mass is 32.1. The maximum absolute atomic E-state index is 6.23. The summed E-state index contributed by atoms with van der Waals surface area (Å²) in [6.45, 7) is 2.26. The summed E-state index contributed by atoms with van der Waals surface area (Å²) in [6, 6.07) is 21.2. The van der Waals surface area contributed by atoms with Gasteiger partial charge in [0.15, 0.2) is 11.5 Å². The molecule has 0 atom stereocenters. The lowest BCUT2D eigenvalue weighted by atomic mass is 10.1. The average molecular weight is 499 g/mol. The Labute approximate surface area is 211 Å². The van der Waals surface area contributed by atoms with E-state index in [1.807, 2.05) is 73.7 Å². The predicted molar refractivity (Wildman–Crippen MR) is 138 cm³/mol. The van der Waals surface area contributed by atoms with E-state index in [2.05, 4.69) is 0 Å².